The van der Waals surface area contributed by atoms with Crippen molar-refractivity contribution in [2.45, 2.75) is 19.9 Å². The number of hydrogen-bond donors (Lipinski definition) is 1. The van der Waals surface area contributed by atoms with Gasteiger partial charge in [0.1, 0.15) is 0 Å². The van der Waals surface area contributed by atoms with E-state index in [2.05, 4.69) is 5.10 Å². The number of aromatic nitrogens is 2. The molecule has 20 heavy (non-hydrogen) atoms. The van der Waals surface area contributed by atoms with Crippen LogP contribution in [0.15, 0.2) is 30.6 Å². The molecule has 0 aliphatic rings. The molecule has 2 aromatic rings. The van der Waals surface area contributed by atoms with Crippen LogP contribution in [0.3, 0.4) is 0 Å². The van der Waals surface area contributed by atoms with Crippen LogP contribution in [-0.2, 0) is 4.74 Å². The molecule has 0 radical (unpaired) electrons. The van der Waals surface area contributed by atoms with Crippen molar-refractivity contribution >= 4 is 17.6 Å². The highest BCUT2D eigenvalue weighted by Crippen LogP contribution is 2.24. The number of esters is 1. The van der Waals surface area contributed by atoms with E-state index in [1.54, 1.807) is 23.9 Å². The fourth-order valence-corrected chi connectivity index (χ4v) is 2.04. The summed E-state index contributed by atoms with van der Waals surface area (Å²) in [6.07, 6.45) is 3.04. The van der Waals surface area contributed by atoms with Gasteiger partial charge < -0.3 is 10.5 Å². The maximum Gasteiger partial charge on any atom is 0.341 e. The average Bonchev–Trinajstić information content (AvgIpc) is 2.88. The van der Waals surface area contributed by atoms with Crippen molar-refractivity contribution < 1.29 is 9.53 Å². The van der Waals surface area contributed by atoms with E-state index in [-0.39, 0.29) is 6.04 Å². The first-order chi connectivity index (χ1) is 9.52. The number of nitrogens with two attached hydrogens (primary N) is 1. The topological polar surface area (TPSA) is 70.1 Å². The normalized spacial score (nSPS) is 12.2. The molecule has 0 bridgehead atoms. The lowest BCUT2D eigenvalue weighted by molar-refractivity contribution is 0.0526. The van der Waals surface area contributed by atoms with E-state index in [1.807, 2.05) is 19.1 Å². The third-order valence-corrected chi connectivity index (χ3v) is 3.14. The maximum absolute atomic E-state index is 11.6. The van der Waals surface area contributed by atoms with Gasteiger partial charge in [-0.15, -0.1) is 0 Å². The van der Waals surface area contributed by atoms with Gasteiger partial charge in [0, 0.05) is 12.2 Å². The maximum atomic E-state index is 11.6. The number of rotatable bonds is 4. The standard InChI is InChI=1S/C14H16ClN3O2/c1-3-20-14(19)11-7-17-18(8-11)13-5-4-10(9(2)16)6-12(13)15/h4-9H,3,16H2,1-2H3. The number of ether oxygens (including phenoxy) is 1. The molecule has 1 atom stereocenters. The number of benzene rings is 1. The zero-order chi connectivity index (χ0) is 14.7. The molecule has 0 saturated carbocycles. The third kappa shape index (κ3) is 3.00. The van der Waals surface area contributed by atoms with Gasteiger partial charge >= 0.3 is 5.97 Å². The first kappa shape index (κ1) is 14.6. The van der Waals surface area contributed by atoms with E-state index in [0.717, 1.165) is 5.56 Å². The van der Waals surface area contributed by atoms with Gasteiger partial charge in [0.2, 0.25) is 0 Å². The number of halogens is 1. The number of hydrogen-bond acceptors (Lipinski definition) is 4. The lowest BCUT2D eigenvalue weighted by Gasteiger charge is -2.09. The highest BCUT2D eigenvalue weighted by molar-refractivity contribution is 6.32. The third-order valence-electron chi connectivity index (χ3n) is 2.84. The van der Waals surface area contributed by atoms with Gasteiger partial charge in [-0.1, -0.05) is 17.7 Å². The number of nitrogens with zero attached hydrogens (tertiary/aromatic N) is 2. The Morgan fingerprint density at radius 1 is 1.55 bits per heavy atom. The van der Waals surface area contributed by atoms with E-state index in [4.69, 9.17) is 22.1 Å². The van der Waals surface area contributed by atoms with Crippen molar-refractivity contribution in [1.82, 2.24) is 9.78 Å². The highest BCUT2D eigenvalue weighted by atomic mass is 35.5. The van der Waals surface area contributed by atoms with Gasteiger partial charge in [-0.25, -0.2) is 9.48 Å². The summed E-state index contributed by atoms with van der Waals surface area (Å²) < 4.78 is 6.46. The fourth-order valence-electron chi connectivity index (χ4n) is 1.77. The molecule has 0 amide bonds. The van der Waals surface area contributed by atoms with Gasteiger partial charge in [0.05, 0.1) is 29.1 Å². The lowest BCUT2D eigenvalue weighted by atomic mass is 10.1. The van der Waals surface area contributed by atoms with Crippen LogP contribution in [-0.4, -0.2) is 22.4 Å². The second-order valence-corrected chi connectivity index (χ2v) is 4.80. The summed E-state index contributed by atoms with van der Waals surface area (Å²) in [5.41, 5.74) is 7.82. The van der Waals surface area contributed by atoms with Gasteiger partial charge in [-0.2, -0.15) is 5.10 Å². The fraction of sp³-hybridized carbons (Fsp3) is 0.286. The molecule has 0 aliphatic carbocycles. The summed E-state index contributed by atoms with van der Waals surface area (Å²) >= 11 is 6.23. The number of carbonyl (C=O) groups is 1. The molecule has 0 spiro atoms. The first-order valence-electron chi connectivity index (χ1n) is 6.30. The summed E-state index contributed by atoms with van der Waals surface area (Å²) in [7, 11) is 0. The molecule has 5 nitrogen and oxygen atoms in total. The van der Waals surface area contributed by atoms with Crippen LogP contribution in [0.25, 0.3) is 5.69 Å². The Morgan fingerprint density at radius 2 is 2.30 bits per heavy atom. The molecule has 1 aromatic carbocycles. The first-order valence-corrected chi connectivity index (χ1v) is 6.68. The Bertz CT molecular complexity index is 623. The second-order valence-electron chi connectivity index (χ2n) is 4.39. The van der Waals surface area contributed by atoms with Crippen molar-refractivity contribution in [1.29, 1.82) is 0 Å². The van der Waals surface area contributed by atoms with Gasteiger partial charge in [0.15, 0.2) is 0 Å². The molecule has 0 fully saturated rings. The minimum atomic E-state index is -0.401. The largest absolute Gasteiger partial charge is 0.462 e. The van der Waals surface area contributed by atoms with Crippen LogP contribution in [0, 0.1) is 0 Å². The van der Waals surface area contributed by atoms with Crippen LogP contribution < -0.4 is 5.73 Å². The molecular formula is C14H16ClN3O2. The van der Waals surface area contributed by atoms with E-state index >= 15 is 0 Å². The van der Waals surface area contributed by atoms with Gasteiger partial charge in [-0.3, -0.25) is 0 Å². The minimum absolute atomic E-state index is 0.0886. The van der Waals surface area contributed by atoms with Crippen molar-refractivity contribution in [3.8, 4) is 5.69 Å². The van der Waals surface area contributed by atoms with Crippen LogP contribution in [0.4, 0.5) is 0 Å². The van der Waals surface area contributed by atoms with E-state index in [1.165, 1.54) is 6.20 Å². The molecule has 0 aliphatic heterocycles. The Labute approximate surface area is 122 Å². The molecule has 2 rings (SSSR count). The lowest BCUT2D eigenvalue weighted by Crippen LogP contribution is -2.06. The van der Waals surface area contributed by atoms with Crippen molar-refractivity contribution in [2.75, 3.05) is 6.61 Å². The smallest absolute Gasteiger partial charge is 0.341 e. The molecule has 1 unspecified atom stereocenters. The molecule has 6 heteroatoms. The Kier molecular flexibility index (Phi) is 4.42. The van der Waals surface area contributed by atoms with E-state index in [9.17, 15) is 4.79 Å². The monoisotopic (exact) mass is 293 g/mol. The van der Waals surface area contributed by atoms with Crippen LogP contribution in [0.1, 0.15) is 35.8 Å². The van der Waals surface area contributed by atoms with E-state index in [0.29, 0.717) is 22.9 Å². The van der Waals surface area contributed by atoms with Crippen LogP contribution in [0.5, 0.6) is 0 Å². The quantitative estimate of drug-likeness (QED) is 0.880. The number of carbonyl (C=O) groups excluding carboxylic acids is 1. The van der Waals surface area contributed by atoms with Crippen LogP contribution >= 0.6 is 11.6 Å². The molecule has 2 N–H and O–H groups in total. The Morgan fingerprint density at radius 3 is 2.90 bits per heavy atom. The molecular weight excluding hydrogens is 278 g/mol. The van der Waals surface area contributed by atoms with Crippen molar-refractivity contribution in [3.05, 3.63) is 46.7 Å². The molecule has 106 valence electrons. The zero-order valence-electron chi connectivity index (χ0n) is 11.3. The molecule has 1 heterocycles. The van der Waals surface area contributed by atoms with Crippen molar-refractivity contribution in [2.24, 2.45) is 5.73 Å². The highest BCUT2D eigenvalue weighted by Gasteiger charge is 2.12. The van der Waals surface area contributed by atoms with E-state index < -0.39 is 5.97 Å². The SMILES string of the molecule is CCOC(=O)c1cnn(-c2ccc(C(C)N)cc2Cl)c1. The summed E-state index contributed by atoms with van der Waals surface area (Å²) in [4.78, 5) is 11.6. The minimum Gasteiger partial charge on any atom is -0.462 e. The second kappa shape index (κ2) is 6.07. The van der Waals surface area contributed by atoms with Gasteiger partial charge in [-0.05, 0) is 31.5 Å². The average molecular weight is 294 g/mol. The van der Waals surface area contributed by atoms with Crippen molar-refractivity contribution in [3.63, 3.8) is 0 Å². The Balaban J connectivity index is 2.30. The summed E-state index contributed by atoms with van der Waals surface area (Å²) in [6.45, 7) is 3.97. The zero-order valence-corrected chi connectivity index (χ0v) is 12.1. The predicted octanol–water partition coefficient (Wildman–Crippen LogP) is 2.72. The predicted molar refractivity (Wildman–Crippen MR) is 77.1 cm³/mol. The van der Waals surface area contributed by atoms with Crippen LogP contribution in [0.2, 0.25) is 5.02 Å². The summed E-state index contributed by atoms with van der Waals surface area (Å²) in [6, 6.07) is 5.42. The van der Waals surface area contributed by atoms with Gasteiger partial charge in [0.25, 0.3) is 0 Å². The molecule has 1 aromatic heterocycles. The summed E-state index contributed by atoms with van der Waals surface area (Å²) in [5, 5.41) is 4.65. The Hall–Kier alpha value is -1.85. The summed E-state index contributed by atoms with van der Waals surface area (Å²) in [5.74, 6) is -0.401. The molecule has 0 saturated heterocycles.